The van der Waals surface area contributed by atoms with E-state index in [1.54, 1.807) is 41.2 Å². The molecule has 2 aliphatic heterocycles. The molecule has 1 fully saturated rings. The van der Waals surface area contributed by atoms with Gasteiger partial charge in [-0.2, -0.15) is 0 Å². The molecule has 9 nitrogen and oxygen atoms in total. The monoisotopic (exact) mass is 717 g/mol. The van der Waals surface area contributed by atoms with Gasteiger partial charge in [0.05, 0.1) is 40.0 Å². The molecule has 0 bridgehead atoms. The van der Waals surface area contributed by atoms with E-state index in [0.717, 1.165) is 16.5 Å². The molecule has 3 amide bonds. The van der Waals surface area contributed by atoms with Crippen LogP contribution in [0, 0.1) is 5.92 Å². The number of carbonyl (C=O) groups is 3. The summed E-state index contributed by atoms with van der Waals surface area (Å²) in [5.74, 6) is -0.237. The minimum atomic E-state index is -2.53. The van der Waals surface area contributed by atoms with Crippen molar-refractivity contribution in [3.05, 3.63) is 132 Å². The number of aliphatic hydroxyl groups excluding tert-OH is 1. The Balaban J connectivity index is 1.43. The Morgan fingerprint density at radius 1 is 1.02 bits per heavy atom. The highest BCUT2D eigenvalue weighted by Gasteiger charge is 2.66. The quantitative estimate of drug-likeness (QED) is 0.128. The lowest BCUT2D eigenvalue weighted by Crippen LogP contribution is -2.52. The number of hydrogen-bond acceptors (Lipinski definition) is 6. The second kappa shape index (κ2) is 15.3. The van der Waals surface area contributed by atoms with Crippen molar-refractivity contribution in [2.45, 2.75) is 50.2 Å². The molecule has 2 N–H and O–H groups in total. The molecule has 6 rings (SSSR count). The maximum Gasteiger partial charge on any atom is 0.264 e. The van der Waals surface area contributed by atoms with E-state index in [0.29, 0.717) is 29.0 Å². The Morgan fingerprint density at radius 3 is 2.33 bits per heavy atom. The van der Waals surface area contributed by atoms with Gasteiger partial charge in [-0.15, -0.1) is 6.58 Å². The third kappa shape index (κ3) is 6.81. The van der Waals surface area contributed by atoms with Crippen LogP contribution in [-0.2, 0) is 26.5 Å². The number of benzene rings is 4. The van der Waals surface area contributed by atoms with Crippen molar-refractivity contribution < 1.29 is 29.0 Å². The Labute approximate surface area is 306 Å². The van der Waals surface area contributed by atoms with E-state index in [-0.39, 0.29) is 55.3 Å². The summed E-state index contributed by atoms with van der Waals surface area (Å²) >= 11 is 0. The van der Waals surface area contributed by atoms with Gasteiger partial charge in [0.1, 0.15) is 5.75 Å². The Morgan fingerprint density at radius 2 is 1.69 bits per heavy atom. The number of nitrogens with zero attached hydrogens (tertiary/aromatic N) is 2. The number of rotatable bonds is 13. The van der Waals surface area contributed by atoms with Crippen LogP contribution in [-0.4, -0.2) is 68.7 Å². The summed E-state index contributed by atoms with van der Waals surface area (Å²) < 4.78 is 12.6. The number of methoxy groups -OCH3 is 1. The number of nitrogens with one attached hydrogen (secondary N) is 1. The third-order valence-corrected chi connectivity index (χ3v) is 15.1. The fraction of sp³-hybridized carbons (Fsp3) is 0.310. The van der Waals surface area contributed by atoms with Gasteiger partial charge in [-0.3, -0.25) is 14.4 Å². The maximum atomic E-state index is 14.9. The lowest BCUT2D eigenvalue weighted by Gasteiger charge is -2.37. The first-order chi connectivity index (χ1) is 25.0. The minimum Gasteiger partial charge on any atom is -0.497 e. The predicted molar refractivity (Wildman–Crippen MR) is 207 cm³/mol. The molecule has 4 aromatic carbocycles. The van der Waals surface area contributed by atoms with Gasteiger partial charge in [-0.25, -0.2) is 0 Å². The second-order valence-corrected chi connectivity index (χ2v) is 18.8. The molecule has 52 heavy (non-hydrogen) atoms. The summed E-state index contributed by atoms with van der Waals surface area (Å²) in [6.07, 6.45) is 1.10. The molecule has 10 heteroatoms. The molecule has 2 heterocycles. The highest BCUT2D eigenvalue weighted by molar-refractivity contribution is 6.91. The molecule has 2 aliphatic rings. The zero-order valence-electron chi connectivity index (χ0n) is 30.2. The van der Waals surface area contributed by atoms with Gasteiger partial charge in [-0.05, 0) is 53.6 Å². The summed E-state index contributed by atoms with van der Waals surface area (Å²) in [4.78, 5) is 45.7. The van der Waals surface area contributed by atoms with Crippen LogP contribution in [0.5, 0.6) is 5.75 Å². The lowest BCUT2D eigenvalue weighted by atomic mass is 9.82. The first-order valence-corrected chi connectivity index (χ1v) is 20.8. The first-order valence-electron chi connectivity index (χ1n) is 17.7. The summed E-state index contributed by atoms with van der Waals surface area (Å²) in [6.45, 7) is 11.1. The van der Waals surface area contributed by atoms with Gasteiger partial charge >= 0.3 is 0 Å². The maximum absolute atomic E-state index is 14.9. The molecule has 270 valence electrons. The molecular formula is C42H47N3O6Si. The van der Waals surface area contributed by atoms with E-state index >= 15 is 0 Å². The molecule has 0 aliphatic carbocycles. The molecule has 0 aromatic heterocycles. The summed E-state index contributed by atoms with van der Waals surface area (Å²) in [5.41, 5.74) is 1.76. The average Bonchev–Trinajstić information content (AvgIpc) is 3.58. The normalized spacial score (nSPS) is 20.8. The van der Waals surface area contributed by atoms with Crippen molar-refractivity contribution in [3.8, 4) is 5.75 Å². The molecule has 0 saturated carbocycles. The van der Waals surface area contributed by atoms with Gasteiger partial charge in [-0.1, -0.05) is 91.9 Å². The first kappa shape index (κ1) is 36.7. The highest BCUT2D eigenvalue weighted by Crippen LogP contribution is 2.60. The predicted octanol–water partition coefficient (Wildman–Crippen LogP) is 6.11. The van der Waals surface area contributed by atoms with E-state index < -0.39 is 19.8 Å². The SMILES string of the molecule is C=CCN1C(=O)[C@@]2(O[C@@H](CC(=O)N(CCO)Cc3ccccc3)[C@H]([Si](C)(C)c3ccc(OC)cc3)[C@H]2C)c2cc(NC(=O)c3ccccc3)ccc21. The second-order valence-electron chi connectivity index (χ2n) is 14.1. The minimum absolute atomic E-state index is 0.0324. The summed E-state index contributed by atoms with van der Waals surface area (Å²) in [7, 11) is -0.896. The van der Waals surface area contributed by atoms with E-state index in [1.807, 2.05) is 72.8 Å². The zero-order valence-corrected chi connectivity index (χ0v) is 31.2. The molecular weight excluding hydrogens is 671 g/mol. The van der Waals surface area contributed by atoms with Gasteiger partial charge in [0.15, 0.2) is 5.60 Å². The van der Waals surface area contributed by atoms with Gasteiger partial charge in [0.25, 0.3) is 11.8 Å². The fourth-order valence-corrected chi connectivity index (χ4v) is 12.2. The van der Waals surface area contributed by atoms with Gasteiger partial charge in [0.2, 0.25) is 5.91 Å². The molecule has 1 spiro atoms. The van der Waals surface area contributed by atoms with Crippen LogP contribution in [0.25, 0.3) is 0 Å². The van der Waals surface area contributed by atoms with E-state index in [9.17, 15) is 19.5 Å². The van der Waals surface area contributed by atoms with E-state index in [4.69, 9.17) is 9.47 Å². The van der Waals surface area contributed by atoms with Crippen LogP contribution in [0.3, 0.4) is 0 Å². The average molecular weight is 718 g/mol. The lowest BCUT2D eigenvalue weighted by molar-refractivity contribution is -0.149. The van der Waals surface area contributed by atoms with Crippen LogP contribution >= 0.6 is 0 Å². The standard InChI is InChI=1S/C42H47N3O6Si/c1-6-23-45-36-22-17-32(43-40(48)31-15-11-8-12-16-31)26-35(36)42(41(45)49)29(2)39(52(4,5)34-20-18-33(50-3)19-21-34)37(51-42)27-38(47)44(24-25-46)28-30-13-9-7-10-14-30/h6-22,26,29,37,39,46H,1,23-25,27-28H2,2-5H3,(H,43,48)/t29-,37+,39-,42+/m1/s1. The Kier molecular flexibility index (Phi) is 10.8. The number of aliphatic hydroxyl groups is 1. The van der Waals surface area contributed by atoms with Crippen LogP contribution in [0.15, 0.2) is 116 Å². The number of anilines is 2. The van der Waals surface area contributed by atoms with E-state index in [2.05, 4.69) is 44.0 Å². The number of hydrogen-bond donors (Lipinski definition) is 2. The smallest absolute Gasteiger partial charge is 0.264 e. The van der Waals surface area contributed by atoms with E-state index in [1.165, 1.54) is 0 Å². The van der Waals surface area contributed by atoms with Crippen molar-refractivity contribution in [1.82, 2.24) is 4.90 Å². The number of ether oxygens (including phenoxy) is 2. The van der Waals surface area contributed by atoms with Crippen LogP contribution in [0.2, 0.25) is 18.6 Å². The highest BCUT2D eigenvalue weighted by atomic mass is 28.3. The molecule has 4 atom stereocenters. The van der Waals surface area contributed by atoms with Crippen molar-refractivity contribution in [2.75, 3.05) is 37.0 Å². The molecule has 0 unspecified atom stereocenters. The topological polar surface area (TPSA) is 108 Å². The molecule has 0 radical (unpaired) electrons. The van der Waals surface area contributed by atoms with Crippen LogP contribution in [0.4, 0.5) is 11.4 Å². The van der Waals surface area contributed by atoms with Crippen molar-refractivity contribution in [3.63, 3.8) is 0 Å². The van der Waals surface area contributed by atoms with Crippen LogP contribution in [0.1, 0.15) is 34.8 Å². The molecule has 1 saturated heterocycles. The molecule has 4 aromatic rings. The Bertz CT molecular complexity index is 1920. The fourth-order valence-electron chi connectivity index (χ4n) is 8.21. The Hall–Kier alpha value is -5.03. The zero-order chi connectivity index (χ0) is 37.0. The van der Waals surface area contributed by atoms with Crippen molar-refractivity contribution in [2.24, 2.45) is 5.92 Å². The summed E-state index contributed by atoms with van der Waals surface area (Å²) in [5, 5.41) is 14.1. The van der Waals surface area contributed by atoms with Gasteiger partial charge in [0, 0.05) is 42.4 Å². The van der Waals surface area contributed by atoms with Gasteiger partial charge < -0.3 is 29.7 Å². The van der Waals surface area contributed by atoms with Crippen molar-refractivity contribution >= 4 is 42.4 Å². The number of fused-ring (bicyclic) bond motifs is 2. The number of amides is 3. The number of carbonyl (C=O) groups excluding carboxylic acids is 3. The third-order valence-electron chi connectivity index (χ3n) is 10.8. The largest absolute Gasteiger partial charge is 0.497 e. The summed E-state index contributed by atoms with van der Waals surface area (Å²) in [6, 6.07) is 32.2. The van der Waals surface area contributed by atoms with Crippen LogP contribution < -0.4 is 20.1 Å². The van der Waals surface area contributed by atoms with Crippen molar-refractivity contribution in [1.29, 1.82) is 0 Å².